The lowest BCUT2D eigenvalue weighted by Crippen LogP contribution is -2.48. The Morgan fingerprint density at radius 1 is 0.640 bits per heavy atom. The maximum absolute atomic E-state index is 9.52. The van der Waals surface area contributed by atoms with Gasteiger partial charge in [0.25, 0.3) is 0 Å². The van der Waals surface area contributed by atoms with Crippen LogP contribution in [0.1, 0.15) is 118 Å². The van der Waals surface area contributed by atoms with Gasteiger partial charge in [-0.25, -0.2) is 0 Å². The Hall–Kier alpha value is -2.13. The fourth-order valence-corrected chi connectivity index (χ4v) is 11.4. The minimum absolute atomic E-state index is 0.267. The summed E-state index contributed by atoms with van der Waals surface area (Å²) in [5.41, 5.74) is 5.94. The van der Waals surface area contributed by atoms with E-state index in [1.54, 1.807) is 24.3 Å². The van der Waals surface area contributed by atoms with Crippen LogP contribution in [-0.2, 0) is 8.85 Å². The highest BCUT2D eigenvalue weighted by Crippen LogP contribution is 2.57. The third-order valence-electron chi connectivity index (χ3n) is 14.3. The number of allylic oxidation sites excluding steroid dienone is 4. The van der Waals surface area contributed by atoms with Gasteiger partial charge in [-0.2, -0.15) is 0 Å². The van der Waals surface area contributed by atoms with Crippen LogP contribution >= 0.6 is 0 Å². The lowest BCUT2D eigenvalue weighted by atomic mass is 9.68. The van der Waals surface area contributed by atoms with E-state index < -0.39 is 16.6 Å². The van der Waals surface area contributed by atoms with Crippen molar-refractivity contribution >= 4 is 27.8 Å². The molecule has 2 fully saturated rings. The minimum atomic E-state index is -1.73. The Kier molecular flexibility index (Phi) is 11.0. The third kappa shape index (κ3) is 7.94. The van der Waals surface area contributed by atoms with Crippen LogP contribution in [0.5, 0.6) is 11.5 Å². The van der Waals surface area contributed by atoms with E-state index >= 15 is 0 Å². The predicted octanol–water partition coefficient (Wildman–Crippen LogP) is 12.8. The first-order valence-electron chi connectivity index (χ1n) is 19.4. The average molecular weight is 717 g/mol. The molecule has 0 saturated heterocycles. The Morgan fingerprint density at radius 3 is 1.60 bits per heavy atom. The molecule has 6 atom stereocenters. The number of phenolic OH excluding ortho intramolecular Hbond substituents is 2. The zero-order valence-electron chi connectivity index (χ0n) is 33.5. The van der Waals surface area contributed by atoms with Crippen LogP contribution < -0.4 is 0 Å². The summed E-state index contributed by atoms with van der Waals surface area (Å²) in [5.74, 6) is 2.00. The molecule has 2 saturated carbocycles. The van der Waals surface area contributed by atoms with Crippen molar-refractivity contribution in [3.05, 3.63) is 71.8 Å². The van der Waals surface area contributed by atoms with Gasteiger partial charge in [0.05, 0.1) is 12.2 Å². The molecule has 276 valence electrons. The highest BCUT2D eigenvalue weighted by Gasteiger charge is 2.53. The van der Waals surface area contributed by atoms with Crippen molar-refractivity contribution in [1.29, 1.82) is 0 Å². The van der Waals surface area contributed by atoms with Crippen LogP contribution in [0.15, 0.2) is 60.7 Å². The molecule has 6 rings (SSSR count). The van der Waals surface area contributed by atoms with Crippen molar-refractivity contribution in [3.63, 3.8) is 0 Å². The van der Waals surface area contributed by atoms with Crippen LogP contribution in [0.3, 0.4) is 0 Å². The molecule has 4 aliphatic carbocycles. The van der Waals surface area contributed by atoms with Crippen LogP contribution in [-0.4, -0.2) is 39.1 Å². The van der Waals surface area contributed by atoms with E-state index in [-0.39, 0.29) is 20.9 Å². The molecule has 2 aromatic rings. The maximum atomic E-state index is 9.52. The van der Waals surface area contributed by atoms with Crippen LogP contribution in [0.25, 0.3) is 11.1 Å². The summed E-state index contributed by atoms with van der Waals surface area (Å²) < 4.78 is 13.7. The second kappa shape index (κ2) is 14.0. The lowest BCUT2D eigenvalue weighted by Gasteiger charge is -2.45. The molecule has 2 aromatic carbocycles. The van der Waals surface area contributed by atoms with Crippen LogP contribution in [0.4, 0.5) is 0 Å². The number of rotatable bonds is 6. The van der Waals surface area contributed by atoms with Crippen LogP contribution in [0.2, 0.25) is 36.3 Å². The quantitative estimate of drug-likeness (QED) is 0.292. The first-order valence-corrected chi connectivity index (χ1v) is 25.2. The first kappa shape index (κ1) is 39.1. The minimum Gasteiger partial charge on any atom is -0.508 e. The second-order valence-corrected chi connectivity index (χ2v) is 29.1. The van der Waals surface area contributed by atoms with Gasteiger partial charge in [0.1, 0.15) is 11.5 Å². The molecule has 0 spiro atoms. The molecule has 2 N–H and O–H groups in total. The number of hydrogen-bond donors (Lipinski definition) is 2. The molecule has 0 heterocycles. The van der Waals surface area contributed by atoms with Crippen molar-refractivity contribution < 1.29 is 19.1 Å². The molecule has 0 aromatic heterocycles. The van der Waals surface area contributed by atoms with Gasteiger partial charge in [-0.05, 0) is 157 Å². The van der Waals surface area contributed by atoms with Gasteiger partial charge >= 0.3 is 0 Å². The summed E-state index contributed by atoms with van der Waals surface area (Å²) >= 11 is 0. The summed E-state index contributed by atoms with van der Waals surface area (Å²) in [6, 6.07) is 15.4. The van der Waals surface area contributed by atoms with Gasteiger partial charge in [-0.3, -0.25) is 0 Å². The zero-order valence-corrected chi connectivity index (χ0v) is 35.5. The summed E-state index contributed by atoms with van der Waals surface area (Å²) in [7, 11) is -3.46. The highest BCUT2D eigenvalue weighted by atomic mass is 28.4. The molecule has 0 bridgehead atoms. The van der Waals surface area contributed by atoms with Gasteiger partial charge in [-0.1, -0.05) is 91.8 Å². The van der Waals surface area contributed by atoms with Crippen molar-refractivity contribution in [2.24, 2.45) is 22.7 Å². The molecular weight excluding hydrogens is 649 g/mol. The molecule has 4 aliphatic rings. The summed E-state index contributed by atoms with van der Waals surface area (Å²) in [4.78, 5) is 0. The standard InChI is InChI=1S/2C22H34O2Si/c2*1-21(2,3)25(5,6)24-20-12-9-18-15-17(13-14-22(18,20)4)16-7-10-19(23)11-8-16/h7-8,10-11,15,18,20,23H,9,12-14H2,1-6H3;7-8,10-11,13,18,20,23H,9,12,14-15H2,1-6H3/t2*18?,20-,22-/m00/s1. The van der Waals surface area contributed by atoms with Crippen LogP contribution in [0, 0.1) is 22.7 Å². The SMILES string of the molecule is CC(C)(C)[Si](C)(C)O[C@H]1CCC2C=C(c3ccc(O)cc3)CC[C@@]21C.CC(C)(C)[Si](C)(C)O[C@H]1CCC2CC(c3ccc(O)cc3)=CC[C@@]21C. The molecule has 2 unspecified atom stereocenters. The Balaban J connectivity index is 0.000000194. The Labute approximate surface area is 307 Å². The number of phenols is 2. The summed E-state index contributed by atoms with van der Waals surface area (Å²) in [5, 5.41) is 19.6. The fourth-order valence-electron chi connectivity index (χ4n) is 8.46. The number of benzene rings is 2. The molecule has 6 heteroatoms. The van der Waals surface area contributed by atoms with Crippen molar-refractivity contribution in [2.45, 2.75) is 155 Å². The van der Waals surface area contributed by atoms with Gasteiger partial charge in [-0.15, -0.1) is 0 Å². The number of hydrogen-bond acceptors (Lipinski definition) is 4. The second-order valence-electron chi connectivity index (χ2n) is 19.6. The van der Waals surface area contributed by atoms with Crippen molar-refractivity contribution in [1.82, 2.24) is 0 Å². The van der Waals surface area contributed by atoms with Gasteiger partial charge in [0.15, 0.2) is 16.6 Å². The van der Waals surface area contributed by atoms with E-state index in [4.69, 9.17) is 8.85 Å². The first-order chi connectivity index (χ1) is 23.1. The average Bonchev–Trinajstić information content (AvgIpc) is 3.51. The summed E-state index contributed by atoms with van der Waals surface area (Å²) in [6.45, 7) is 28.4. The monoisotopic (exact) mass is 716 g/mol. The van der Waals surface area contributed by atoms with Gasteiger partial charge < -0.3 is 19.1 Å². The molecule has 0 aliphatic heterocycles. The third-order valence-corrected chi connectivity index (χ3v) is 23.3. The Morgan fingerprint density at radius 2 is 1.10 bits per heavy atom. The lowest BCUT2D eigenvalue weighted by molar-refractivity contribution is 0.0487. The summed E-state index contributed by atoms with van der Waals surface area (Å²) in [6.07, 6.45) is 15.2. The maximum Gasteiger partial charge on any atom is 0.192 e. The zero-order chi connectivity index (χ0) is 36.9. The molecular formula is C44H68O4Si2. The number of fused-ring (bicyclic) bond motifs is 2. The van der Waals surface area contributed by atoms with E-state index in [2.05, 4.69) is 93.7 Å². The number of aromatic hydroxyl groups is 2. The smallest absolute Gasteiger partial charge is 0.192 e. The fraction of sp³-hybridized carbons (Fsp3) is 0.636. The van der Waals surface area contributed by atoms with E-state index in [1.165, 1.54) is 54.4 Å². The van der Waals surface area contributed by atoms with E-state index in [0.29, 0.717) is 35.5 Å². The largest absolute Gasteiger partial charge is 0.508 e. The molecule has 0 amide bonds. The van der Waals surface area contributed by atoms with E-state index in [0.717, 1.165) is 19.3 Å². The van der Waals surface area contributed by atoms with Gasteiger partial charge in [0, 0.05) is 0 Å². The topological polar surface area (TPSA) is 58.9 Å². The molecule has 0 radical (unpaired) electrons. The van der Waals surface area contributed by atoms with Crippen molar-refractivity contribution in [3.8, 4) is 11.5 Å². The normalized spacial score (nSPS) is 30.1. The Bertz CT molecular complexity index is 1510. The van der Waals surface area contributed by atoms with E-state index in [1.807, 2.05) is 24.3 Å². The van der Waals surface area contributed by atoms with Gasteiger partial charge in [0.2, 0.25) is 0 Å². The van der Waals surface area contributed by atoms with E-state index in [9.17, 15) is 10.2 Å². The van der Waals surface area contributed by atoms with Crippen molar-refractivity contribution in [2.75, 3.05) is 0 Å². The highest BCUT2D eigenvalue weighted by molar-refractivity contribution is 6.74. The predicted molar refractivity (Wildman–Crippen MR) is 216 cm³/mol. The molecule has 50 heavy (non-hydrogen) atoms. The molecule has 4 nitrogen and oxygen atoms in total.